The van der Waals surface area contributed by atoms with Gasteiger partial charge in [-0.3, -0.25) is 9.59 Å². The highest BCUT2D eigenvalue weighted by Gasteiger charge is 2.23. The molecule has 1 N–H and O–H groups in total. The number of thioether (sulfide) groups is 1. The van der Waals surface area contributed by atoms with Crippen molar-refractivity contribution in [2.45, 2.75) is 32.2 Å². The zero-order chi connectivity index (χ0) is 14.4. The zero-order valence-corrected chi connectivity index (χ0v) is 14.3. The molecule has 21 heavy (non-hydrogen) atoms. The Morgan fingerprint density at radius 2 is 1.76 bits per heavy atom. The molecule has 2 heterocycles. The standard InChI is InChI=1S/C14H25N3O2S.ClH/c1-12-9-15-5-8-17(12)14(19)11-20-10-13(18)16-6-3-2-4-7-16;/h12,15H,2-11H2,1H3;1H/t12-;/m1./s1. The van der Waals surface area contributed by atoms with Crippen LogP contribution < -0.4 is 5.32 Å². The highest BCUT2D eigenvalue weighted by atomic mass is 35.5. The number of piperazine rings is 1. The number of hydrogen-bond acceptors (Lipinski definition) is 4. The van der Waals surface area contributed by atoms with Crippen LogP contribution in [0.5, 0.6) is 0 Å². The molecule has 0 aromatic rings. The van der Waals surface area contributed by atoms with E-state index in [1.165, 1.54) is 18.2 Å². The molecule has 1 atom stereocenters. The zero-order valence-electron chi connectivity index (χ0n) is 12.7. The van der Waals surface area contributed by atoms with Crippen LogP contribution >= 0.6 is 24.2 Å². The summed E-state index contributed by atoms with van der Waals surface area (Å²) in [6.07, 6.45) is 3.47. The van der Waals surface area contributed by atoms with E-state index in [0.29, 0.717) is 11.5 Å². The Kier molecular flexibility index (Phi) is 8.44. The molecule has 2 aliphatic heterocycles. The van der Waals surface area contributed by atoms with Crippen molar-refractivity contribution in [3.63, 3.8) is 0 Å². The Balaban J connectivity index is 0.00000220. The molecule has 2 amide bonds. The molecule has 2 saturated heterocycles. The van der Waals surface area contributed by atoms with Crippen LogP contribution in [0.3, 0.4) is 0 Å². The fourth-order valence-corrected chi connectivity index (χ4v) is 3.55. The van der Waals surface area contributed by atoms with Crippen molar-refractivity contribution >= 4 is 36.0 Å². The lowest BCUT2D eigenvalue weighted by Crippen LogP contribution is -2.52. The number of likely N-dealkylation sites (tertiary alicyclic amines) is 1. The molecule has 0 saturated carbocycles. The minimum atomic E-state index is 0. The number of piperidine rings is 1. The van der Waals surface area contributed by atoms with E-state index in [0.717, 1.165) is 45.6 Å². The van der Waals surface area contributed by atoms with Crippen molar-refractivity contribution in [3.05, 3.63) is 0 Å². The van der Waals surface area contributed by atoms with Crippen molar-refractivity contribution in [2.24, 2.45) is 0 Å². The number of nitrogens with one attached hydrogen (secondary N) is 1. The second kappa shape index (κ2) is 9.54. The molecule has 5 nitrogen and oxygen atoms in total. The third-order valence-corrected chi connectivity index (χ3v) is 4.88. The van der Waals surface area contributed by atoms with Crippen molar-refractivity contribution in [1.82, 2.24) is 15.1 Å². The van der Waals surface area contributed by atoms with E-state index in [2.05, 4.69) is 12.2 Å². The summed E-state index contributed by atoms with van der Waals surface area (Å²) >= 11 is 1.46. The fourth-order valence-electron chi connectivity index (χ4n) is 2.75. The van der Waals surface area contributed by atoms with E-state index < -0.39 is 0 Å². The third-order valence-electron chi connectivity index (χ3n) is 3.98. The Morgan fingerprint density at radius 3 is 2.43 bits per heavy atom. The van der Waals surface area contributed by atoms with Crippen LogP contribution in [0, 0.1) is 0 Å². The van der Waals surface area contributed by atoms with Gasteiger partial charge in [-0.2, -0.15) is 0 Å². The van der Waals surface area contributed by atoms with Gasteiger partial charge in [0.1, 0.15) is 0 Å². The van der Waals surface area contributed by atoms with Crippen molar-refractivity contribution < 1.29 is 9.59 Å². The average molecular weight is 336 g/mol. The van der Waals surface area contributed by atoms with Crippen LogP contribution in [-0.2, 0) is 9.59 Å². The van der Waals surface area contributed by atoms with E-state index in [4.69, 9.17) is 0 Å². The van der Waals surface area contributed by atoms with Gasteiger partial charge in [0.25, 0.3) is 0 Å². The lowest BCUT2D eigenvalue weighted by atomic mass is 10.1. The molecule has 2 fully saturated rings. The monoisotopic (exact) mass is 335 g/mol. The van der Waals surface area contributed by atoms with Crippen molar-refractivity contribution in [2.75, 3.05) is 44.2 Å². The van der Waals surface area contributed by atoms with Gasteiger partial charge in [0, 0.05) is 38.8 Å². The normalized spacial score (nSPS) is 22.6. The number of amides is 2. The Hall–Kier alpha value is -0.460. The fraction of sp³-hybridized carbons (Fsp3) is 0.857. The van der Waals surface area contributed by atoms with Gasteiger partial charge in [-0.15, -0.1) is 24.2 Å². The summed E-state index contributed by atoms with van der Waals surface area (Å²) in [5.41, 5.74) is 0. The van der Waals surface area contributed by atoms with Crippen molar-refractivity contribution in [3.8, 4) is 0 Å². The first-order valence-electron chi connectivity index (χ1n) is 7.54. The summed E-state index contributed by atoms with van der Waals surface area (Å²) in [5, 5.41) is 3.28. The van der Waals surface area contributed by atoms with Gasteiger partial charge in [0.15, 0.2) is 0 Å². The first-order valence-corrected chi connectivity index (χ1v) is 8.69. The quantitative estimate of drug-likeness (QED) is 0.832. The molecule has 0 spiro atoms. The molecule has 122 valence electrons. The van der Waals surface area contributed by atoms with Gasteiger partial charge in [-0.05, 0) is 26.2 Å². The summed E-state index contributed by atoms with van der Waals surface area (Å²) in [7, 11) is 0. The smallest absolute Gasteiger partial charge is 0.232 e. The van der Waals surface area contributed by atoms with Crippen LogP contribution in [0.1, 0.15) is 26.2 Å². The van der Waals surface area contributed by atoms with E-state index >= 15 is 0 Å². The highest BCUT2D eigenvalue weighted by Crippen LogP contribution is 2.12. The molecule has 2 rings (SSSR count). The maximum Gasteiger partial charge on any atom is 0.232 e. The third kappa shape index (κ3) is 5.68. The maximum absolute atomic E-state index is 12.1. The van der Waals surface area contributed by atoms with E-state index in [9.17, 15) is 9.59 Å². The second-order valence-corrected chi connectivity index (χ2v) is 6.56. The molecule has 0 radical (unpaired) electrons. The van der Waals surface area contributed by atoms with Crippen LogP contribution in [0.15, 0.2) is 0 Å². The van der Waals surface area contributed by atoms with Gasteiger partial charge in [0.2, 0.25) is 11.8 Å². The lowest BCUT2D eigenvalue weighted by molar-refractivity contribution is -0.131. The first-order chi connectivity index (χ1) is 9.68. The Morgan fingerprint density at radius 1 is 1.10 bits per heavy atom. The van der Waals surface area contributed by atoms with Crippen LogP contribution in [0.2, 0.25) is 0 Å². The minimum absolute atomic E-state index is 0. The number of rotatable bonds is 4. The number of halogens is 1. The van der Waals surface area contributed by atoms with Gasteiger partial charge in [0.05, 0.1) is 11.5 Å². The molecule has 7 heteroatoms. The summed E-state index contributed by atoms with van der Waals surface area (Å²) in [4.78, 5) is 28.0. The molecular formula is C14H26ClN3O2S. The van der Waals surface area contributed by atoms with Gasteiger partial charge in [-0.1, -0.05) is 0 Å². The minimum Gasteiger partial charge on any atom is -0.342 e. The van der Waals surface area contributed by atoms with Crippen LogP contribution in [-0.4, -0.2) is 71.9 Å². The molecular weight excluding hydrogens is 310 g/mol. The molecule has 0 aliphatic carbocycles. The largest absolute Gasteiger partial charge is 0.342 e. The number of hydrogen-bond donors (Lipinski definition) is 1. The molecule has 0 bridgehead atoms. The SMILES string of the molecule is C[C@@H]1CNCCN1C(=O)CSCC(=O)N1CCCCC1.Cl. The topological polar surface area (TPSA) is 52.7 Å². The average Bonchev–Trinajstić information content (AvgIpc) is 2.48. The number of carbonyl (C=O) groups excluding carboxylic acids is 2. The maximum atomic E-state index is 12.1. The van der Waals surface area contributed by atoms with E-state index in [-0.39, 0.29) is 30.3 Å². The molecule has 0 aromatic carbocycles. The summed E-state index contributed by atoms with van der Waals surface area (Å²) < 4.78 is 0. The van der Waals surface area contributed by atoms with Gasteiger partial charge >= 0.3 is 0 Å². The van der Waals surface area contributed by atoms with Crippen LogP contribution in [0.4, 0.5) is 0 Å². The first kappa shape index (κ1) is 18.6. The van der Waals surface area contributed by atoms with E-state index in [1.54, 1.807) is 0 Å². The Labute approximate surface area is 137 Å². The van der Waals surface area contributed by atoms with E-state index in [1.807, 2.05) is 9.80 Å². The number of carbonyl (C=O) groups is 2. The second-order valence-electron chi connectivity index (χ2n) is 5.57. The molecule has 0 aromatic heterocycles. The summed E-state index contributed by atoms with van der Waals surface area (Å²) in [5.74, 6) is 1.21. The molecule has 0 unspecified atom stereocenters. The van der Waals surface area contributed by atoms with Gasteiger partial charge in [-0.25, -0.2) is 0 Å². The number of nitrogens with zero attached hydrogens (tertiary/aromatic N) is 2. The summed E-state index contributed by atoms with van der Waals surface area (Å²) in [6, 6.07) is 0.259. The lowest BCUT2D eigenvalue weighted by Gasteiger charge is -2.34. The van der Waals surface area contributed by atoms with Gasteiger partial charge < -0.3 is 15.1 Å². The van der Waals surface area contributed by atoms with Crippen molar-refractivity contribution in [1.29, 1.82) is 0 Å². The van der Waals surface area contributed by atoms with Crippen LogP contribution in [0.25, 0.3) is 0 Å². The predicted octanol–water partition coefficient (Wildman–Crippen LogP) is 0.974. The Bertz CT molecular complexity index is 351. The molecule has 2 aliphatic rings. The summed E-state index contributed by atoms with van der Waals surface area (Å²) in [6.45, 7) is 6.36. The predicted molar refractivity (Wildman–Crippen MR) is 89.0 cm³/mol. The highest BCUT2D eigenvalue weighted by molar-refractivity contribution is 8.00.